The molecule has 0 bridgehead atoms. The van der Waals surface area contributed by atoms with Gasteiger partial charge >= 0.3 is 0 Å². The smallest absolute Gasteiger partial charge is 0.220 e. The third-order valence-electron chi connectivity index (χ3n) is 3.11. The molecule has 0 radical (unpaired) electrons. The third kappa shape index (κ3) is 5.96. The summed E-state index contributed by atoms with van der Waals surface area (Å²) in [5.74, 6) is 0.206. The zero-order chi connectivity index (χ0) is 17.4. The highest BCUT2D eigenvalue weighted by molar-refractivity contribution is 6.42. The van der Waals surface area contributed by atoms with Gasteiger partial charge in [-0.15, -0.1) is 0 Å². The van der Waals surface area contributed by atoms with E-state index in [2.05, 4.69) is 15.3 Å². The summed E-state index contributed by atoms with van der Waals surface area (Å²) in [6.07, 6.45) is 4.67. The van der Waals surface area contributed by atoms with Crippen molar-refractivity contribution in [1.29, 1.82) is 0 Å². The van der Waals surface area contributed by atoms with E-state index in [1.54, 1.807) is 36.8 Å². The van der Waals surface area contributed by atoms with Crippen LogP contribution in [0, 0.1) is 0 Å². The van der Waals surface area contributed by atoms with Crippen LogP contribution in [0.4, 0.5) is 0 Å². The zero-order valence-corrected chi connectivity index (χ0v) is 14.3. The van der Waals surface area contributed by atoms with Crippen LogP contribution >= 0.6 is 23.2 Å². The van der Waals surface area contributed by atoms with Crippen molar-refractivity contribution in [1.82, 2.24) is 15.3 Å². The number of carbonyl (C=O) groups is 1. The first kappa shape index (κ1) is 18.4. The van der Waals surface area contributed by atoms with Crippen LogP contribution in [0.2, 0.25) is 10.0 Å². The second-order valence-corrected chi connectivity index (χ2v) is 5.80. The first-order valence-electron chi connectivity index (χ1n) is 7.32. The highest BCUT2D eigenvalue weighted by Crippen LogP contribution is 2.31. The number of aromatic nitrogens is 2. The Balaban J connectivity index is 1.68. The standard InChI is InChI=1S/C16H17Cl2N3O3/c17-13-2-1-3-14(16(13)18)24-10-12(22)9-21-15(23)5-4-11-8-19-6-7-20-11/h1-3,6-8,12,22H,4-5,9-10H2,(H,21,23). The molecule has 0 aliphatic carbocycles. The Morgan fingerprint density at radius 2 is 2.17 bits per heavy atom. The van der Waals surface area contributed by atoms with Crippen LogP contribution in [0.25, 0.3) is 0 Å². The van der Waals surface area contributed by atoms with Crippen LogP contribution in [-0.2, 0) is 11.2 Å². The number of amides is 1. The fraction of sp³-hybridized carbons (Fsp3) is 0.312. The molecule has 0 saturated heterocycles. The summed E-state index contributed by atoms with van der Waals surface area (Å²) in [6.45, 7) is 0.0714. The van der Waals surface area contributed by atoms with Gasteiger partial charge in [-0.1, -0.05) is 29.3 Å². The molecule has 1 unspecified atom stereocenters. The molecule has 1 atom stereocenters. The van der Waals surface area contributed by atoms with Gasteiger partial charge in [0.25, 0.3) is 0 Å². The minimum Gasteiger partial charge on any atom is -0.489 e. The first-order chi connectivity index (χ1) is 11.6. The molecule has 1 aromatic heterocycles. The third-order valence-corrected chi connectivity index (χ3v) is 3.91. The van der Waals surface area contributed by atoms with Crippen molar-refractivity contribution < 1.29 is 14.6 Å². The number of hydrogen-bond donors (Lipinski definition) is 2. The van der Waals surface area contributed by atoms with Crippen molar-refractivity contribution in [2.24, 2.45) is 0 Å². The van der Waals surface area contributed by atoms with Gasteiger partial charge in [0.1, 0.15) is 23.5 Å². The minimum atomic E-state index is -0.861. The molecule has 2 rings (SSSR count). The fourth-order valence-electron chi connectivity index (χ4n) is 1.86. The van der Waals surface area contributed by atoms with Crippen molar-refractivity contribution in [3.05, 3.63) is 52.5 Å². The van der Waals surface area contributed by atoms with Gasteiger partial charge in [-0.2, -0.15) is 0 Å². The number of benzene rings is 1. The molecule has 128 valence electrons. The number of aryl methyl sites for hydroxylation is 1. The van der Waals surface area contributed by atoms with Crippen molar-refractivity contribution in [3.8, 4) is 5.75 Å². The van der Waals surface area contributed by atoms with Gasteiger partial charge in [0.15, 0.2) is 0 Å². The lowest BCUT2D eigenvalue weighted by atomic mass is 10.2. The summed E-state index contributed by atoms with van der Waals surface area (Å²) in [5, 5.41) is 13.2. The average Bonchev–Trinajstić information content (AvgIpc) is 2.60. The van der Waals surface area contributed by atoms with Crippen molar-refractivity contribution in [3.63, 3.8) is 0 Å². The minimum absolute atomic E-state index is 0.00942. The number of hydrogen-bond acceptors (Lipinski definition) is 5. The molecular formula is C16H17Cl2N3O3. The van der Waals surface area contributed by atoms with Gasteiger partial charge in [-0.25, -0.2) is 0 Å². The molecule has 0 spiro atoms. The summed E-state index contributed by atoms with van der Waals surface area (Å²) >= 11 is 11.9. The summed E-state index contributed by atoms with van der Waals surface area (Å²) in [6, 6.07) is 5.00. The molecule has 0 aliphatic rings. The largest absolute Gasteiger partial charge is 0.489 e. The zero-order valence-electron chi connectivity index (χ0n) is 12.8. The Bertz CT molecular complexity index is 671. The number of rotatable bonds is 8. The Labute approximate surface area is 149 Å². The topological polar surface area (TPSA) is 84.3 Å². The SMILES string of the molecule is O=C(CCc1cnccn1)NCC(O)COc1cccc(Cl)c1Cl. The molecule has 0 fully saturated rings. The number of ether oxygens (including phenoxy) is 1. The first-order valence-corrected chi connectivity index (χ1v) is 8.08. The van der Waals surface area contributed by atoms with Crippen LogP contribution in [0.1, 0.15) is 12.1 Å². The summed E-state index contributed by atoms with van der Waals surface area (Å²) in [4.78, 5) is 19.8. The van der Waals surface area contributed by atoms with E-state index >= 15 is 0 Å². The second-order valence-electron chi connectivity index (χ2n) is 5.02. The highest BCUT2D eigenvalue weighted by atomic mass is 35.5. The van der Waals surface area contributed by atoms with Gasteiger partial charge < -0.3 is 15.2 Å². The molecular weight excluding hydrogens is 353 g/mol. The Kier molecular flexibility index (Phi) is 7.24. The van der Waals surface area contributed by atoms with Gasteiger partial charge in [0.05, 0.1) is 10.7 Å². The molecule has 0 saturated carbocycles. The molecule has 1 heterocycles. The van der Waals surface area contributed by atoms with E-state index in [4.69, 9.17) is 27.9 Å². The second kappa shape index (κ2) is 9.42. The lowest BCUT2D eigenvalue weighted by Gasteiger charge is -2.14. The maximum atomic E-state index is 11.7. The lowest BCUT2D eigenvalue weighted by molar-refractivity contribution is -0.121. The monoisotopic (exact) mass is 369 g/mol. The van der Waals surface area contributed by atoms with E-state index in [1.165, 1.54) is 0 Å². The number of aliphatic hydroxyl groups is 1. The van der Waals surface area contributed by atoms with Crippen LogP contribution in [-0.4, -0.2) is 40.2 Å². The molecule has 1 aromatic carbocycles. The van der Waals surface area contributed by atoms with E-state index in [0.29, 0.717) is 22.2 Å². The predicted molar refractivity (Wildman–Crippen MR) is 91.3 cm³/mol. The van der Waals surface area contributed by atoms with Crippen molar-refractivity contribution in [2.75, 3.05) is 13.2 Å². The van der Waals surface area contributed by atoms with E-state index in [1.807, 2.05) is 0 Å². The van der Waals surface area contributed by atoms with E-state index in [9.17, 15) is 9.90 Å². The predicted octanol–water partition coefficient (Wildman–Crippen LogP) is 2.27. The van der Waals surface area contributed by atoms with Gasteiger partial charge in [-0.3, -0.25) is 14.8 Å². The van der Waals surface area contributed by atoms with Gasteiger partial charge in [0.2, 0.25) is 5.91 Å². The van der Waals surface area contributed by atoms with Crippen LogP contribution in [0.5, 0.6) is 5.75 Å². The Morgan fingerprint density at radius 1 is 1.33 bits per heavy atom. The van der Waals surface area contributed by atoms with Crippen LogP contribution in [0.15, 0.2) is 36.8 Å². The van der Waals surface area contributed by atoms with E-state index < -0.39 is 6.10 Å². The number of nitrogens with zero attached hydrogens (tertiary/aromatic N) is 2. The van der Waals surface area contributed by atoms with Crippen LogP contribution < -0.4 is 10.1 Å². The Morgan fingerprint density at radius 3 is 2.92 bits per heavy atom. The van der Waals surface area contributed by atoms with E-state index in [0.717, 1.165) is 5.69 Å². The summed E-state index contributed by atoms with van der Waals surface area (Å²) in [5.41, 5.74) is 0.743. The molecule has 8 heteroatoms. The summed E-state index contributed by atoms with van der Waals surface area (Å²) in [7, 11) is 0. The molecule has 6 nitrogen and oxygen atoms in total. The lowest BCUT2D eigenvalue weighted by Crippen LogP contribution is -2.35. The maximum absolute atomic E-state index is 11.7. The van der Waals surface area contributed by atoms with Gasteiger partial charge in [0, 0.05) is 31.6 Å². The Hall–Kier alpha value is -1.89. The molecule has 0 aliphatic heterocycles. The fourth-order valence-corrected chi connectivity index (χ4v) is 2.21. The van der Waals surface area contributed by atoms with Crippen molar-refractivity contribution in [2.45, 2.75) is 18.9 Å². The van der Waals surface area contributed by atoms with Gasteiger partial charge in [-0.05, 0) is 18.6 Å². The van der Waals surface area contributed by atoms with E-state index in [-0.39, 0.29) is 25.5 Å². The maximum Gasteiger partial charge on any atom is 0.220 e. The molecule has 24 heavy (non-hydrogen) atoms. The quantitative estimate of drug-likeness (QED) is 0.745. The number of nitrogens with one attached hydrogen (secondary N) is 1. The number of carbonyl (C=O) groups excluding carboxylic acids is 1. The summed E-state index contributed by atoms with van der Waals surface area (Å²) < 4.78 is 5.41. The average molecular weight is 370 g/mol. The molecule has 1 amide bonds. The normalized spacial score (nSPS) is 11.8. The van der Waals surface area contributed by atoms with Crippen molar-refractivity contribution >= 4 is 29.1 Å². The van der Waals surface area contributed by atoms with Crippen LogP contribution in [0.3, 0.4) is 0 Å². The molecule has 2 aromatic rings. The number of aliphatic hydroxyl groups excluding tert-OH is 1. The highest BCUT2D eigenvalue weighted by Gasteiger charge is 2.11. The molecule has 2 N–H and O–H groups in total. The number of halogens is 2.